The molecule has 0 bridgehead atoms. The molecule has 1 heterocycles. The Hall–Kier alpha value is -2.81. The minimum absolute atomic E-state index is 0.0115. The minimum Gasteiger partial charge on any atom is -0.466 e. The summed E-state index contributed by atoms with van der Waals surface area (Å²) in [4.78, 5) is 40.7. The molecular weight excluding hydrogens is 397 g/mol. The molecule has 0 unspecified atom stereocenters. The molecule has 1 saturated carbocycles. The number of Topliss-reactive ketones (excluding diaryl/α,β-unsaturated/α-hetero) is 1. The van der Waals surface area contributed by atoms with Crippen LogP contribution in [0.5, 0.6) is 0 Å². The second-order valence-corrected chi connectivity index (χ2v) is 7.60. The molecular formula is C20H22FN3O4S. The second-order valence-electron chi connectivity index (χ2n) is 6.74. The topological polar surface area (TPSA) is 97.4 Å². The van der Waals surface area contributed by atoms with Crippen molar-refractivity contribution in [3.05, 3.63) is 40.7 Å². The van der Waals surface area contributed by atoms with Gasteiger partial charge in [0.15, 0.2) is 10.9 Å². The first-order valence-electron chi connectivity index (χ1n) is 9.48. The normalized spacial score (nSPS) is 13.9. The van der Waals surface area contributed by atoms with Crippen molar-refractivity contribution in [3.8, 4) is 0 Å². The second kappa shape index (κ2) is 9.60. The highest BCUT2D eigenvalue weighted by Crippen LogP contribution is 2.31. The number of carbonyl (C=O) groups is 3. The van der Waals surface area contributed by atoms with Crippen molar-refractivity contribution in [2.24, 2.45) is 5.92 Å². The Balaban J connectivity index is 1.66. The van der Waals surface area contributed by atoms with E-state index in [9.17, 15) is 18.8 Å². The molecule has 1 aromatic carbocycles. The van der Waals surface area contributed by atoms with Crippen molar-refractivity contribution in [1.82, 2.24) is 4.98 Å². The van der Waals surface area contributed by atoms with E-state index in [4.69, 9.17) is 4.74 Å². The number of esters is 1. The lowest BCUT2D eigenvalue weighted by molar-refractivity contribution is -0.142. The van der Waals surface area contributed by atoms with Crippen LogP contribution in [0.25, 0.3) is 0 Å². The molecule has 0 spiro atoms. The minimum atomic E-state index is -0.645. The Morgan fingerprint density at radius 1 is 1.24 bits per heavy atom. The average Bonchev–Trinajstić information content (AvgIpc) is 3.34. The van der Waals surface area contributed by atoms with Gasteiger partial charge in [-0.1, -0.05) is 12.8 Å². The van der Waals surface area contributed by atoms with E-state index in [1.807, 2.05) is 0 Å². The number of nitrogens with one attached hydrogen (secondary N) is 2. The Morgan fingerprint density at radius 2 is 2.00 bits per heavy atom. The number of benzene rings is 1. The van der Waals surface area contributed by atoms with Crippen molar-refractivity contribution < 1.29 is 23.5 Å². The lowest BCUT2D eigenvalue weighted by Gasteiger charge is -2.14. The molecule has 0 saturated heterocycles. The van der Waals surface area contributed by atoms with Crippen LogP contribution in [0.4, 0.5) is 20.0 Å². The maximum absolute atomic E-state index is 13.7. The van der Waals surface area contributed by atoms with Gasteiger partial charge in [-0.15, -0.1) is 11.3 Å². The molecule has 1 fully saturated rings. The maximum Gasteiger partial charge on any atom is 0.325 e. The van der Waals surface area contributed by atoms with E-state index in [1.54, 1.807) is 12.3 Å². The average molecular weight is 419 g/mol. The third kappa shape index (κ3) is 5.60. The standard InChI is InChI=1S/C20H22FN3O4S/c1-2-28-17(25)10-14-11-29-20(22-14)24-19(27)23-16-9-13(21)7-8-15(16)18(26)12-5-3-4-6-12/h7-9,11-12H,2-6,10H2,1H3,(H2,22,23,24,27). The lowest BCUT2D eigenvalue weighted by Crippen LogP contribution is -2.22. The number of amides is 2. The summed E-state index contributed by atoms with van der Waals surface area (Å²) in [6, 6.07) is 3.11. The number of aromatic nitrogens is 1. The van der Waals surface area contributed by atoms with Gasteiger partial charge in [0.1, 0.15) is 5.82 Å². The Bertz CT molecular complexity index is 909. The number of anilines is 2. The van der Waals surface area contributed by atoms with E-state index in [0.29, 0.717) is 11.3 Å². The monoisotopic (exact) mass is 419 g/mol. The fraction of sp³-hybridized carbons (Fsp3) is 0.400. The van der Waals surface area contributed by atoms with E-state index in [1.165, 1.54) is 12.1 Å². The van der Waals surface area contributed by atoms with E-state index < -0.39 is 17.8 Å². The van der Waals surface area contributed by atoms with Gasteiger partial charge < -0.3 is 10.1 Å². The molecule has 2 N–H and O–H groups in total. The van der Waals surface area contributed by atoms with Crippen LogP contribution in [0.1, 0.15) is 48.7 Å². The summed E-state index contributed by atoms with van der Waals surface area (Å²) in [5.41, 5.74) is 0.907. The van der Waals surface area contributed by atoms with Crippen LogP contribution >= 0.6 is 11.3 Å². The van der Waals surface area contributed by atoms with Gasteiger partial charge in [-0.3, -0.25) is 14.9 Å². The smallest absolute Gasteiger partial charge is 0.325 e. The van der Waals surface area contributed by atoms with Gasteiger partial charge in [-0.05, 0) is 38.0 Å². The zero-order chi connectivity index (χ0) is 20.8. The van der Waals surface area contributed by atoms with Crippen LogP contribution in [0, 0.1) is 11.7 Å². The number of nitrogens with zero attached hydrogens (tertiary/aromatic N) is 1. The number of rotatable bonds is 7. The Labute approximate surface area is 171 Å². The lowest BCUT2D eigenvalue weighted by atomic mass is 9.95. The van der Waals surface area contributed by atoms with Crippen molar-refractivity contribution in [2.75, 3.05) is 17.2 Å². The summed E-state index contributed by atoms with van der Waals surface area (Å²) in [6.45, 7) is 2.00. The van der Waals surface area contributed by atoms with Crippen LogP contribution in [0.3, 0.4) is 0 Å². The summed E-state index contributed by atoms with van der Waals surface area (Å²) in [5, 5.41) is 7.00. The third-order valence-electron chi connectivity index (χ3n) is 4.62. The molecule has 2 amide bonds. The van der Waals surface area contributed by atoms with Gasteiger partial charge in [0.2, 0.25) is 0 Å². The van der Waals surface area contributed by atoms with Crippen LogP contribution in [-0.2, 0) is 16.0 Å². The van der Waals surface area contributed by atoms with Gasteiger partial charge in [0.25, 0.3) is 0 Å². The summed E-state index contributed by atoms with van der Waals surface area (Å²) in [5.74, 6) is -1.12. The first kappa shape index (κ1) is 20.9. The highest BCUT2D eigenvalue weighted by Gasteiger charge is 2.26. The van der Waals surface area contributed by atoms with Gasteiger partial charge >= 0.3 is 12.0 Å². The fourth-order valence-corrected chi connectivity index (χ4v) is 4.00. The molecule has 1 aliphatic rings. The molecule has 7 nitrogen and oxygen atoms in total. The van der Waals surface area contributed by atoms with Gasteiger partial charge in [-0.2, -0.15) is 0 Å². The predicted octanol–water partition coefficient (Wildman–Crippen LogP) is 4.40. The van der Waals surface area contributed by atoms with E-state index in [0.717, 1.165) is 43.1 Å². The number of thiazole rings is 1. The van der Waals surface area contributed by atoms with Crippen LogP contribution in [0.2, 0.25) is 0 Å². The molecule has 2 aromatic rings. The molecule has 0 aliphatic heterocycles. The summed E-state index contributed by atoms with van der Waals surface area (Å²) >= 11 is 1.15. The maximum atomic E-state index is 13.7. The SMILES string of the molecule is CCOC(=O)Cc1csc(NC(=O)Nc2cc(F)ccc2C(=O)C2CCCC2)n1. The Kier molecular flexibility index (Phi) is 6.92. The number of halogens is 1. The van der Waals surface area contributed by atoms with Crippen LogP contribution < -0.4 is 10.6 Å². The summed E-state index contributed by atoms with van der Waals surface area (Å²) < 4.78 is 18.6. The molecule has 1 aliphatic carbocycles. The zero-order valence-electron chi connectivity index (χ0n) is 16.0. The number of urea groups is 1. The van der Waals surface area contributed by atoms with Crippen molar-refractivity contribution in [1.29, 1.82) is 0 Å². The first-order chi connectivity index (χ1) is 14.0. The van der Waals surface area contributed by atoms with Gasteiger partial charge in [0.05, 0.1) is 24.4 Å². The molecule has 9 heteroatoms. The molecule has 0 atom stereocenters. The van der Waals surface area contributed by atoms with Crippen molar-refractivity contribution in [3.63, 3.8) is 0 Å². The number of carbonyl (C=O) groups excluding carboxylic acids is 3. The molecule has 154 valence electrons. The van der Waals surface area contributed by atoms with Crippen molar-refractivity contribution in [2.45, 2.75) is 39.0 Å². The molecule has 0 radical (unpaired) electrons. The Morgan fingerprint density at radius 3 is 2.72 bits per heavy atom. The first-order valence-corrected chi connectivity index (χ1v) is 10.4. The zero-order valence-corrected chi connectivity index (χ0v) is 16.8. The summed E-state index contributed by atoms with van der Waals surface area (Å²) in [6.07, 6.45) is 3.63. The summed E-state index contributed by atoms with van der Waals surface area (Å²) in [7, 11) is 0. The quantitative estimate of drug-likeness (QED) is 0.512. The fourth-order valence-electron chi connectivity index (χ4n) is 3.30. The molecule has 1 aromatic heterocycles. The third-order valence-corrected chi connectivity index (χ3v) is 5.43. The highest BCUT2D eigenvalue weighted by atomic mass is 32.1. The molecule has 3 rings (SSSR count). The highest BCUT2D eigenvalue weighted by molar-refractivity contribution is 7.14. The number of hydrogen-bond acceptors (Lipinski definition) is 6. The largest absolute Gasteiger partial charge is 0.466 e. The van der Waals surface area contributed by atoms with E-state index in [-0.39, 0.29) is 35.5 Å². The van der Waals surface area contributed by atoms with Gasteiger partial charge in [0, 0.05) is 16.9 Å². The number of ketones is 1. The van der Waals surface area contributed by atoms with E-state index in [2.05, 4.69) is 15.6 Å². The van der Waals surface area contributed by atoms with Crippen molar-refractivity contribution >= 4 is 39.9 Å². The molecule has 29 heavy (non-hydrogen) atoms. The van der Waals surface area contributed by atoms with Crippen LogP contribution in [0.15, 0.2) is 23.6 Å². The number of ether oxygens (including phenoxy) is 1. The number of hydrogen-bond donors (Lipinski definition) is 2. The predicted molar refractivity (Wildman–Crippen MR) is 108 cm³/mol. The van der Waals surface area contributed by atoms with Gasteiger partial charge in [-0.25, -0.2) is 14.2 Å². The van der Waals surface area contributed by atoms with E-state index >= 15 is 0 Å². The van der Waals surface area contributed by atoms with Crippen LogP contribution in [-0.4, -0.2) is 29.4 Å².